The smallest absolute Gasteiger partial charge is 0.257 e. The number of benzene rings is 1. The van der Waals surface area contributed by atoms with Gasteiger partial charge in [-0.2, -0.15) is 0 Å². The molecule has 0 spiro atoms. The Morgan fingerprint density at radius 2 is 2.00 bits per heavy atom. The second-order valence-corrected chi connectivity index (χ2v) is 6.03. The third-order valence-corrected chi connectivity index (χ3v) is 4.11. The van der Waals surface area contributed by atoms with Gasteiger partial charge >= 0.3 is 0 Å². The van der Waals surface area contributed by atoms with Crippen molar-refractivity contribution in [3.05, 3.63) is 64.4 Å². The molecule has 6 heteroatoms. The standard InChI is InChI=1S/C16H14BrN3O2/c1-19-14(21)10-20(15(19)11-5-3-2-4-6-11)16(22)12-7-13(17)9-18-8-12/h2-9,15H,10H2,1H3. The molecule has 2 heterocycles. The molecule has 5 nitrogen and oxygen atoms in total. The molecular formula is C16H14BrN3O2. The molecule has 0 radical (unpaired) electrons. The summed E-state index contributed by atoms with van der Waals surface area (Å²) in [7, 11) is 1.71. The van der Waals surface area contributed by atoms with E-state index in [4.69, 9.17) is 0 Å². The SMILES string of the molecule is CN1C(=O)CN(C(=O)c2cncc(Br)c2)C1c1ccccc1. The number of rotatable bonds is 2. The summed E-state index contributed by atoms with van der Waals surface area (Å²) < 4.78 is 0.730. The minimum Gasteiger partial charge on any atom is -0.320 e. The predicted octanol–water partition coefficient (Wildman–Crippen LogP) is 2.46. The van der Waals surface area contributed by atoms with E-state index in [1.807, 2.05) is 30.3 Å². The van der Waals surface area contributed by atoms with Crippen LogP contribution in [0.2, 0.25) is 0 Å². The van der Waals surface area contributed by atoms with Gasteiger partial charge in [0.2, 0.25) is 5.91 Å². The molecule has 1 aromatic heterocycles. The molecule has 2 aromatic rings. The molecule has 0 bridgehead atoms. The van der Waals surface area contributed by atoms with Gasteiger partial charge in [0.1, 0.15) is 12.7 Å². The summed E-state index contributed by atoms with van der Waals surface area (Å²) in [6.07, 6.45) is 2.74. The highest BCUT2D eigenvalue weighted by Gasteiger charge is 2.39. The summed E-state index contributed by atoms with van der Waals surface area (Å²) in [4.78, 5) is 32.0. The van der Waals surface area contributed by atoms with Crippen LogP contribution >= 0.6 is 15.9 Å². The van der Waals surface area contributed by atoms with E-state index < -0.39 is 0 Å². The van der Waals surface area contributed by atoms with E-state index in [1.165, 1.54) is 6.20 Å². The third kappa shape index (κ3) is 2.62. The lowest BCUT2D eigenvalue weighted by atomic mass is 10.1. The number of aromatic nitrogens is 1. The van der Waals surface area contributed by atoms with Crippen LogP contribution in [0, 0.1) is 0 Å². The Labute approximate surface area is 136 Å². The van der Waals surface area contributed by atoms with Gasteiger partial charge in [0.05, 0.1) is 5.56 Å². The first-order valence-corrected chi connectivity index (χ1v) is 7.59. The minimum absolute atomic E-state index is 0.0708. The highest BCUT2D eigenvalue weighted by molar-refractivity contribution is 9.10. The molecular weight excluding hydrogens is 346 g/mol. The molecule has 0 N–H and O–H groups in total. The van der Waals surface area contributed by atoms with Crippen molar-refractivity contribution >= 4 is 27.7 Å². The average Bonchev–Trinajstić information content (AvgIpc) is 2.83. The third-order valence-electron chi connectivity index (χ3n) is 3.67. The summed E-state index contributed by atoms with van der Waals surface area (Å²) in [5, 5.41) is 0. The number of hydrogen-bond donors (Lipinski definition) is 0. The van der Waals surface area contributed by atoms with Gasteiger partial charge in [-0.15, -0.1) is 0 Å². The van der Waals surface area contributed by atoms with Crippen LogP contribution in [0.1, 0.15) is 22.1 Å². The van der Waals surface area contributed by atoms with Crippen molar-refractivity contribution in [1.29, 1.82) is 0 Å². The maximum atomic E-state index is 12.8. The molecule has 1 aliphatic rings. The van der Waals surface area contributed by atoms with Crippen LogP contribution in [0.3, 0.4) is 0 Å². The molecule has 2 amide bonds. The van der Waals surface area contributed by atoms with Gasteiger partial charge in [-0.05, 0) is 27.6 Å². The maximum Gasteiger partial charge on any atom is 0.257 e. The van der Waals surface area contributed by atoms with Crippen LogP contribution in [0.15, 0.2) is 53.3 Å². The monoisotopic (exact) mass is 359 g/mol. The average molecular weight is 360 g/mol. The molecule has 1 saturated heterocycles. The van der Waals surface area contributed by atoms with E-state index in [0.29, 0.717) is 5.56 Å². The van der Waals surface area contributed by atoms with Crippen molar-refractivity contribution in [2.75, 3.05) is 13.6 Å². The van der Waals surface area contributed by atoms with Gasteiger partial charge in [0.25, 0.3) is 5.91 Å². The van der Waals surface area contributed by atoms with Gasteiger partial charge in [0.15, 0.2) is 0 Å². The lowest BCUT2D eigenvalue weighted by Crippen LogP contribution is -2.34. The molecule has 112 valence electrons. The Morgan fingerprint density at radius 3 is 2.68 bits per heavy atom. The number of halogens is 1. The first-order valence-electron chi connectivity index (χ1n) is 6.80. The fraction of sp³-hybridized carbons (Fsp3) is 0.188. The van der Waals surface area contributed by atoms with Crippen LogP contribution in [0.25, 0.3) is 0 Å². The Kier molecular flexibility index (Phi) is 3.94. The number of carbonyl (C=O) groups excluding carboxylic acids is 2. The van der Waals surface area contributed by atoms with Crippen molar-refractivity contribution in [2.24, 2.45) is 0 Å². The van der Waals surface area contributed by atoms with Crippen molar-refractivity contribution < 1.29 is 9.59 Å². The number of pyridine rings is 1. The molecule has 0 saturated carbocycles. The number of likely N-dealkylation sites (N-methyl/N-ethyl adjacent to an activating group) is 1. The quantitative estimate of drug-likeness (QED) is 0.827. The van der Waals surface area contributed by atoms with Crippen molar-refractivity contribution in [3.8, 4) is 0 Å². The minimum atomic E-state index is -0.389. The summed E-state index contributed by atoms with van der Waals surface area (Å²) in [5.74, 6) is -0.287. The first-order chi connectivity index (χ1) is 10.6. The van der Waals surface area contributed by atoms with Gasteiger partial charge < -0.3 is 9.80 Å². The molecule has 1 unspecified atom stereocenters. The zero-order chi connectivity index (χ0) is 15.7. The highest BCUT2D eigenvalue weighted by atomic mass is 79.9. The zero-order valence-electron chi connectivity index (χ0n) is 11.9. The summed E-state index contributed by atoms with van der Waals surface area (Å²) in [6.45, 7) is 0.0708. The summed E-state index contributed by atoms with van der Waals surface area (Å²) >= 11 is 3.31. The Balaban J connectivity index is 1.97. The number of nitrogens with zero attached hydrogens (tertiary/aromatic N) is 3. The molecule has 22 heavy (non-hydrogen) atoms. The van der Waals surface area contributed by atoms with E-state index in [1.54, 1.807) is 29.1 Å². The predicted molar refractivity (Wildman–Crippen MR) is 84.9 cm³/mol. The van der Waals surface area contributed by atoms with Crippen molar-refractivity contribution in [3.63, 3.8) is 0 Å². The highest BCUT2D eigenvalue weighted by Crippen LogP contribution is 2.30. The van der Waals surface area contributed by atoms with Crippen molar-refractivity contribution in [1.82, 2.24) is 14.8 Å². The molecule has 1 fully saturated rings. The molecule has 3 rings (SSSR count). The van der Waals surface area contributed by atoms with Crippen LogP contribution in [-0.2, 0) is 4.79 Å². The van der Waals surface area contributed by atoms with Gasteiger partial charge in [-0.3, -0.25) is 14.6 Å². The van der Waals surface area contributed by atoms with E-state index in [2.05, 4.69) is 20.9 Å². The lowest BCUT2D eigenvalue weighted by molar-refractivity contribution is -0.126. The topological polar surface area (TPSA) is 53.5 Å². The normalized spacial score (nSPS) is 17.9. The number of carbonyl (C=O) groups is 2. The van der Waals surface area contributed by atoms with Crippen LogP contribution in [-0.4, -0.2) is 40.2 Å². The van der Waals surface area contributed by atoms with Crippen molar-refractivity contribution in [2.45, 2.75) is 6.17 Å². The first kappa shape index (κ1) is 14.7. The summed E-state index contributed by atoms with van der Waals surface area (Å²) in [5.41, 5.74) is 1.37. The molecule has 1 aromatic carbocycles. The van der Waals surface area contributed by atoms with E-state index in [-0.39, 0.29) is 24.5 Å². The lowest BCUT2D eigenvalue weighted by Gasteiger charge is -2.28. The van der Waals surface area contributed by atoms with Gasteiger partial charge in [-0.25, -0.2) is 0 Å². The second-order valence-electron chi connectivity index (χ2n) is 5.11. The zero-order valence-corrected chi connectivity index (χ0v) is 13.5. The molecule has 1 aliphatic heterocycles. The molecule has 0 aliphatic carbocycles. The maximum absolute atomic E-state index is 12.8. The summed E-state index contributed by atoms with van der Waals surface area (Å²) in [6, 6.07) is 11.2. The Morgan fingerprint density at radius 1 is 1.27 bits per heavy atom. The molecule has 1 atom stereocenters. The largest absolute Gasteiger partial charge is 0.320 e. The van der Waals surface area contributed by atoms with E-state index >= 15 is 0 Å². The van der Waals surface area contributed by atoms with Crippen LogP contribution in [0.4, 0.5) is 0 Å². The fourth-order valence-electron chi connectivity index (χ4n) is 2.60. The Hall–Kier alpha value is -2.21. The number of hydrogen-bond acceptors (Lipinski definition) is 3. The van der Waals surface area contributed by atoms with Crippen LogP contribution in [0.5, 0.6) is 0 Å². The van der Waals surface area contributed by atoms with E-state index in [9.17, 15) is 9.59 Å². The number of amides is 2. The van der Waals surface area contributed by atoms with Gasteiger partial charge in [-0.1, -0.05) is 30.3 Å². The Bertz CT molecular complexity index is 720. The van der Waals surface area contributed by atoms with E-state index in [0.717, 1.165) is 10.0 Å². The second kappa shape index (κ2) is 5.88. The fourth-order valence-corrected chi connectivity index (χ4v) is 2.96. The van der Waals surface area contributed by atoms with Gasteiger partial charge in [0, 0.05) is 23.9 Å². The van der Waals surface area contributed by atoms with Crippen LogP contribution < -0.4 is 0 Å².